The van der Waals surface area contributed by atoms with Crippen LogP contribution in [-0.4, -0.2) is 33.3 Å². The van der Waals surface area contributed by atoms with E-state index in [9.17, 15) is 14.0 Å². The van der Waals surface area contributed by atoms with E-state index in [4.69, 9.17) is 4.74 Å². The molecule has 31 heavy (non-hydrogen) atoms. The van der Waals surface area contributed by atoms with Gasteiger partial charge in [0.1, 0.15) is 17.1 Å². The minimum Gasteiger partial charge on any atom is -0.495 e. The second-order valence-corrected chi connectivity index (χ2v) is 7.70. The van der Waals surface area contributed by atoms with Crippen LogP contribution in [0.3, 0.4) is 0 Å². The van der Waals surface area contributed by atoms with Crippen LogP contribution in [0.2, 0.25) is 0 Å². The molecular weight excluding hydrogens is 419 g/mol. The molecule has 4 rings (SSSR count). The molecule has 0 saturated heterocycles. The number of nitrogens with one attached hydrogen (secondary N) is 2. The van der Waals surface area contributed by atoms with Crippen LogP contribution < -0.4 is 15.6 Å². The number of benzene rings is 2. The van der Waals surface area contributed by atoms with Gasteiger partial charge >= 0.3 is 0 Å². The van der Waals surface area contributed by atoms with Crippen LogP contribution in [0.25, 0.3) is 16.7 Å². The number of amides is 1. The van der Waals surface area contributed by atoms with Gasteiger partial charge in [0.2, 0.25) is 5.91 Å². The highest BCUT2D eigenvalue weighted by atomic mass is 32.2. The number of para-hydroxylation sites is 2. The number of aromatic nitrogens is 3. The summed E-state index contributed by atoms with van der Waals surface area (Å²) >= 11 is 1.12. The van der Waals surface area contributed by atoms with Gasteiger partial charge in [-0.3, -0.25) is 14.2 Å². The Balaban J connectivity index is 1.66. The molecule has 0 aliphatic rings. The molecule has 2 aromatic heterocycles. The molecule has 2 aromatic carbocycles. The summed E-state index contributed by atoms with van der Waals surface area (Å²) in [6, 6.07) is 14.4. The second kappa shape index (κ2) is 8.65. The SMILES string of the molecule is COc1ccccc1NC(=O)CSc1nc2cc(C)[nH]c2c(=O)n1-c1ccc(F)cc1. The summed E-state index contributed by atoms with van der Waals surface area (Å²) in [6.07, 6.45) is 0. The molecule has 158 valence electrons. The first-order chi connectivity index (χ1) is 15.0. The van der Waals surface area contributed by atoms with Gasteiger partial charge in [-0.05, 0) is 49.4 Å². The number of hydrogen-bond acceptors (Lipinski definition) is 5. The fourth-order valence-electron chi connectivity index (χ4n) is 3.16. The number of aryl methyl sites for hydroxylation is 1. The lowest BCUT2D eigenvalue weighted by Crippen LogP contribution is -2.23. The Morgan fingerprint density at radius 3 is 2.71 bits per heavy atom. The predicted molar refractivity (Wildman–Crippen MR) is 119 cm³/mol. The number of fused-ring (bicyclic) bond motifs is 1. The number of carbonyl (C=O) groups excluding carboxylic acids is 1. The first-order valence-electron chi connectivity index (χ1n) is 9.40. The standard InChI is InChI=1S/C22H19FN4O3S/c1-13-11-17-20(24-13)21(29)27(15-9-7-14(23)8-10-15)22(26-17)31-12-19(28)25-16-5-3-4-6-18(16)30-2/h3-11,24H,12H2,1-2H3,(H,25,28). The van der Waals surface area contributed by atoms with Crippen molar-refractivity contribution < 1.29 is 13.9 Å². The third-order valence-corrected chi connectivity index (χ3v) is 5.49. The fraction of sp³-hybridized carbons (Fsp3) is 0.136. The molecule has 0 fully saturated rings. The monoisotopic (exact) mass is 438 g/mol. The number of hydrogen-bond donors (Lipinski definition) is 2. The first-order valence-corrected chi connectivity index (χ1v) is 10.4. The van der Waals surface area contributed by atoms with E-state index in [-0.39, 0.29) is 17.2 Å². The molecule has 2 N–H and O–H groups in total. The number of carbonyl (C=O) groups is 1. The third-order valence-electron chi connectivity index (χ3n) is 4.55. The van der Waals surface area contributed by atoms with Gasteiger partial charge in [0.25, 0.3) is 5.56 Å². The number of aromatic amines is 1. The van der Waals surface area contributed by atoms with Crippen molar-refractivity contribution in [3.8, 4) is 11.4 Å². The van der Waals surface area contributed by atoms with E-state index in [0.29, 0.717) is 33.3 Å². The molecular formula is C22H19FN4O3S. The quantitative estimate of drug-likeness (QED) is 0.352. The van der Waals surface area contributed by atoms with E-state index in [2.05, 4.69) is 15.3 Å². The summed E-state index contributed by atoms with van der Waals surface area (Å²) in [5.41, 5.74) is 2.34. The predicted octanol–water partition coefficient (Wildman–Crippen LogP) is 3.90. The Morgan fingerprint density at radius 1 is 1.23 bits per heavy atom. The van der Waals surface area contributed by atoms with Crippen LogP contribution in [0.1, 0.15) is 5.69 Å². The van der Waals surface area contributed by atoms with Gasteiger partial charge < -0.3 is 15.0 Å². The number of H-pyrrole nitrogens is 1. The third kappa shape index (κ3) is 4.31. The average molecular weight is 438 g/mol. The molecule has 0 aliphatic heterocycles. The van der Waals surface area contributed by atoms with Gasteiger partial charge in [0.15, 0.2) is 5.16 Å². The lowest BCUT2D eigenvalue weighted by atomic mass is 10.3. The van der Waals surface area contributed by atoms with E-state index in [1.54, 1.807) is 24.3 Å². The van der Waals surface area contributed by atoms with Gasteiger partial charge in [-0.15, -0.1) is 0 Å². The molecule has 9 heteroatoms. The molecule has 2 heterocycles. The van der Waals surface area contributed by atoms with Gasteiger partial charge in [-0.2, -0.15) is 0 Å². The zero-order valence-electron chi connectivity index (χ0n) is 16.8. The second-order valence-electron chi connectivity index (χ2n) is 6.76. The minimum atomic E-state index is -0.410. The maximum Gasteiger partial charge on any atom is 0.283 e. The van der Waals surface area contributed by atoms with E-state index in [0.717, 1.165) is 17.5 Å². The van der Waals surface area contributed by atoms with E-state index < -0.39 is 5.82 Å². The summed E-state index contributed by atoms with van der Waals surface area (Å²) in [7, 11) is 1.53. The Hall–Kier alpha value is -3.59. The van der Waals surface area contributed by atoms with Crippen molar-refractivity contribution in [2.24, 2.45) is 0 Å². The molecule has 0 unspecified atom stereocenters. The number of nitrogens with zero attached hydrogens (tertiary/aromatic N) is 2. The number of ether oxygens (including phenoxy) is 1. The molecule has 0 saturated carbocycles. The summed E-state index contributed by atoms with van der Waals surface area (Å²) in [6.45, 7) is 1.83. The van der Waals surface area contributed by atoms with Crippen LogP contribution in [-0.2, 0) is 4.79 Å². The van der Waals surface area contributed by atoms with Crippen LogP contribution >= 0.6 is 11.8 Å². The smallest absolute Gasteiger partial charge is 0.283 e. The minimum absolute atomic E-state index is 0.0145. The Labute approximate surface area is 181 Å². The molecule has 7 nitrogen and oxygen atoms in total. The van der Waals surface area contributed by atoms with Crippen molar-refractivity contribution in [2.75, 3.05) is 18.2 Å². The number of thioether (sulfide) groups is 1. The molecule has 0 atom stereocenters. The molecule has 0 spiro atoms. The van der Waals surface area contributed by atoms with Crippen molar-refractivity contribution in [1.29, 1.82) is 0 Å². The highest BCUT2D eigenvalue weighted by molar-refractivity contribution is 7.99. The number of halogens is 1. The summed E-state index contributed by atoms with van der Waals surface area (Å²) in [5.74, 6) is -0.126. The first kappa shape index (κ1) is 20.7. The van der Waals surface area contributed by atoms with E-state index in [1.165, 1.54) is 35.9 Å². The van der Waals surface area contributed by atoms with Crippen LogP contribution in [0.5, 0.6) is 5.75 Å². The van der Waals surface area contributed by atoms with E-state index in [1.807, 2.05) is 13.0 Å². The Kier molecular flexibility index (Phi) is 5.77. The van der Waals surface area contributed by atoms with Gasteiger partial charge in [0.05, 0.1) is 29.8 Å². The fourth-order valence-corrected chi connectivity index (χ4v) is 3.97. The molecule has 0 aliphatic carbocycles. The van der Waals surface area contributed by atoms with Crippen molar-refractivity contribution in [2.45, 2.75) is 12.1 Å². The Bertz CT molecular complexity index is 1310. The van der Waals surface area contributed by atoms with Crippen molar-refractivity contribution in [3.63, 3.8) is 0 Å². The molecule has 0 bridgehead atoms. The van der Waals surface area contributed by atoms with Crippen molar-refractivity contribution in [3.05, 3.63) is 76.5 Å². The molecule has 0 radical (unpaired) electrons. The zero-order chi connectivity index (χ0) is 22.0. The lowest BCUT2D eigenvalue weighted by Gasteiger charge is -2.13. The Morgan fingerprint density at radius 2 is 1.97 bits per heavy atom. The van der Waals surface area contributed by atoms with Crippen LogP contribution in [0.15, 0.2) is 64.5 Å². The zero-order valence-corrected chi connectivity index (χ0v) is 17.6. The van der Waals surface area contributed by atoms with Crippen molar-refractivity contribution in [1.82, 2.24) is 14.5 Å². The summed E-state index contributed by atoms with van der Waals surface area (Å²) in [4.78, 5) is 33.3. The van der Waals surface area contributed by atoms with Crippen molar-refractivity contribution >= 4 is 34.4 Å². The number of methoxy groups -OCH3 is 1. The molecule has 4 aromatic rings. The van der Waals surface area contributed by atoms with Gasteiger partial charge in [-0.1, -0.05) is 23.9 Å². The number of rotatable bonds is 6. The summed E-state index contributed by atoms with van der Waals surface area (Å²) in [5, 5.41) is 3.13. The average Bonchev–Trinajstić information content (AvgIpc) is 3.14. The van der Waals surface area contributed by atoms with E-state index >= 15 is 0 Å². The van der Waals surface area contributed by atoms with Crippen LogP contribution in [0.4, 0.5) is 10.1 Å². The normalized spacial score (nSPS) is 10.9. The van der Waals surface area contributed by atoms with Gasteiger partial charge in [-0.25, -0.2) is 9.37 Å². The molecule has 1 amide bonds. The highest BCUT2D eigenvalue weighted by Gasteiger charge is 2.17. The highest BCUT2D eigenvalue weighted by Crippen LogP contribution is 2.25. The summed E-state index contributed by atoms with van der Waals surface area (Å²) < 4.78 is 20.0. The maximum absolute atomic E-state index is 13.4. The topological polar surface area (TPSA) is 89.0 Å². The van der Waals surface area contributed by atoms with Crippen LogP contribution in [0, 0.1) is 12.7 Å². The largest absolute Gasteiger partial charge is 0.495 e. The van der Waals surface area contributed by atoms with Gasteiger partial charge in [0, 0.05) is 5.69 Å². The maximum atomic E-state index is 13.4. The lowest BCUT2D eigenvalue weighted by molar-refractivity contribution is -0.113. The number of anilines is 1.